The van der Waals surface area contributed by atoms with E-state index >= 15 is 0 Å². The summed E-state index contributed by atoms with van der Waals surface area (Å²) in [5.41, 5.74) is 0.992. The van der Waals surface area contributed by atoms with Gasteiger partial charge >= 0.3 is 0 Å². The molecule has 1 aromatic carbocycles. The first kappa shape index (κ1) is 17.7. The summed E-state index contributed by atoms with van der Waals surface area (Å²) in [5, 5.41) is 2.87. The minimum absolute atomic E-state index is 0.110. The molecule has 2 aliphatic rings. The van der Waals surface area contributed by atoms with Gasteiger partial charge in [-0.3, -0.25) is 4.79 Å². The number of rotatable bonds is 5. The van der Waals surface area contributed by atoms with Gasteiger partial charge in [0, 0.05) is 18.4 Å². The van der Waals surface area contributed by atoms with Crippen LogP contribution in [0.1, 0.15) is 51.5 Å². The fourth-order valence-electron chi connectivity index (χ4n) is 3.62. The van der Waals surface area contributed by atoms with Gasteiger partial charge in [-0.2, -0.15) is 0 Å². The van der Waals surface area contributed by atoms with Crippen LogP contribution in [0.25, 0.3) is 0 Å². The third-order valence-electron chi connectivity index (χ3n) is 4.80. The van der Waals surface area contributed by atoms with Gasteiger partial charge in [-0.25, -0.2) is 0 Å². The molecular weight excluding hydrogens is 314 g/mol. The molecule has 1 N–H and O–H groups in total. The number of para-hydroxylation sites is 1. The first-order valence-electron chi connectivity index (χ1n) is 9.20. The molecule has 0 spiro atoms. The van der Waals surface area contributed by atoms with Crippen molar-refractivity contribution in [1.29, 1.82) is 0 Å². The van der Waals surface area contributed by atoms with Crippen LogP contribution in [0.15, 0.2) is 18.2 Å². The lowest BCUT2D eigenvalue weighted by molar-refractivity contribution is -0.121. The van der Waals surface area contributed by atoms with E-state index in [0.29, 0.717) is 25.5 Å². The largest absolute Gasteiger partial charge is 0.483 e. The minimum atomic E-state index is -0.183. The molecule has 134 valence electrons. The molecule has 0 unspecified atom stereocenters. The second kappa shape index (κ2) is 7.82. The maximum absolute atomic E-state index is 11.8. The number of hydrogen-bond donors (Lipinski definition) is 1. The number of fused-ring (bicyclic) bond motifs is 1. The highest BCUT2D eigenvalue weighted by Crippen LogP contribution is 2.41. The van der Waals surface area contributed by atoms with Crippen molar-refractivity contribution in [3.05, 3.63) is 23.8 Å². The Morgan fingerprint density at radius 3 is 2.92 bits per heavy atom. The number of benzene rings is 1. The number of ether oxygens (including phenoxy) is 2. The van der Waals surface area contributed by atoms with Crippen LogP contribution in [-0.4, -0.2) is 24.7 Å². The van der Waals surface area contributed by atoms with Crippen LogP contribution in [0.4, 0.5) is 0 Å². The lowest BCUT2D eigenvalue weighted by atomic mass is 10.0. The molecule has 1 aliphatic carbocycles. The first-order valence-corrected chi connectivity index (χ1v) is 9.20. The van der Waals surface area contributed by atoms with Crippen molar-refractivity contribution in [2.75, 3.05) is 13.2 Å². The smallest absolute Gasteiger partial charge is 0.221 e. The first-order chi connectivity index (χ1) is 12.0. The van der Waals surface area contributed by atoms with Crippen LogP contribution in [-0.2, 0) is 11.2 Å². The highest BCUT2D eigenvalue weighted by molar-refractivity contribution is 5.76. The van der Waals surface area contributed by atoms with E-state index < -0.39 is 0 Å². The predicted octanol–water partition coefficient (Wildman–Crippen LogP) is 3.48. The molecule has 4 heteroatoms. The van der Waals surface area contributed by atoms with Crippen LogP contribution in [0.2, 0.25) is 0 Å². The second-order valence-electron chi connectivity index (χ2n) is 7.56. The third-order valence-corrected chi connectivity index (χ3v) is 4.80. The van der Waals surface area contributed by atoms with Gasteiger partial charge in [0.05, 0.1) is 6.54 Å². The molecule has 3 rings (SSSR count). The second-order valence-corrected chi connectivity index (χ2v) is 7.56. The summed E-state index contributed by atoms with van der Waals surface area (Å²) < 4.78 is 11.7. The van der Waals surface area contributed by atoms with Crippen molar-refractivity contribution in [2.45, 2.75) is 58.0 Å². The fourth-order valence-corrected chi connectivity index (χ4v) is 3.62. The minimum Gasteiger partial charge on any atom is -0.483 e. The summed E-state index contributed by atoms with van der Waals surface area (Å²) in [7, 11) is 0. The predicted molar refractivity (Wildman–Crippen MR) is 97.7 cm³/mol. The summed E-state index contributed by atoms with van der Waals surface area (Å²) >= 11 is 0. The van der Waals surface area contributed by atoms with Gasteiger partial charge in [0.15, 0.2) is 11.5 Å². The molecule has 0 saturated heterocycles. The average molecular weight is 341 g/mol. The van der Waals surface area contributed by atoms with E-state index in [4.69, 9.17) is 9.47 Å². The number of carbonyl (C=O) groups excluding carboxylic acids is 1. The van der Waals surface area contributed by atoms with Crippen molar-refractivity contribution in [1.82, 2.24) is 5.32 Å². The van der Waals surface area contributed by atoms with Crippen molar-refractivity contribution in [3.8, 4) is 23.3 Å². The average Bonchev–Trinajstić information content (AvgIpc) is 3.16. The monoisotopic (exact) mass is 341 g/mol. The summed E-state index contributed by atoms with van der Waals surface area (Å²) in [6, 6.07) is 5.96. The van der Waals surface area contributed by atoms with Crippen molar-refractivity contribution >= 4 is 5.91 Å². The van der Waals surface area contributed by atoms with E-state index in [9.17, 15) is 4.79 Å². The zero-order chi connectivity index (χ0) is 17.7. The summed E-state index contributed by atoms with van der Waals surface area (Å²) in [5.74, 6) is 8.15. The van der Waals surface area contributed by atoms with Crippen LogP contribution in [0.3, 0.4) is 0 Å². The molecule has 1 aromatic rings. The number of amides is 1. The lowest BCUT2D eigenvalue weighted by Gasteiger charge is -2.17. The molecule has 4 nitrogen and oxygen atoms in total. The molecule has 25 heavy (non-hydrogen) atoms. The molecule has 0 atom stereocenters. The fraction of sp³-hybridized carbons (Fsp3) is 0.571. The van der Waals surface area contributed by atoms with Crippen molar-refractivity contribution < 1.29 is 14.3 Å². The molecule has 0 bridgehead atoms. The van der Waals surface area contributed by atoms with Gasteiger partial charge in [-0.15, -0.1) is 0 Å². The van der Waals surface area contributed by atoms with E-state index in [1.54, 1.807) is 0 Å². The molecule has 1 heterocycles. The van der Waals surface area contributed by atoms with Crippen molar-refractivity contribution in [3.63, 3.8) is 0 Å². The Bertz CT molecular complexity index is 678. The number of nitrogens with one attached hydrogen (secondary N) is 1. The van der Waals surface area contributed by atoms with E-state index in [0.717, 1.165) is 17.9 Å². The zero-order valence-electron chi connectivity index (χ0n) is 15.2. The van der Waals surface area contributed by atoms with Crippen molar-refractivity contribution in [2.24, 2.45) is 5.92 Å². The summed E-state index contributed by atoms with van der Waals surface area (Å²) in [4.78, 5) is 11.8. The highest BCUT2D eigenvalue weighted by Gasteiger charge is 2.32. The third kappa shape index (κ3) is 4.92. The molecule has 1 amide bonds. The van der Waals surface area contributed by atoms with Crippen LogP contribution in [0, 0.1) is 17.8 Å². The zero-order valence-corrected chi connectivity index (χ0v) is 15.2. The molecule has 1 aliphatic heterocycles. The molecule has 0 aromatic heterocycles. The molecular formula is C21H27NO3. The van der Waals surface area contributed by atoms with Gasteiger partial charge in [-0.05, 0) is 38.7 Å². The Morgan fingerprint density at radius 1 is 1.32 bits per heavy atom. The van der Waals surface area contributed by atoms with Gasteiger partial charge in [0.1, 0.15) is 12.2 Å². The van der Waals surface area contributed by atoms with Crippen LogP contribution < -0.4 is 14.8 Å². The van der Waals surface area contributed by atoms with Gasteiger partial charge < -0.3 is 14.8 Å². The quantitative estimate of drug-likeness (QED) is 0.834. The Balaban J connectivity index is 1.40. The van der Waals surface area contributed by atoms with Gasteiger partial charge in [-0.1, -0.05) is 36.8 Å². The van der Waals surface area contributed by atoms with Crippen LogP contribution >= 0.6 is 0 Å². The number of hydrogen-bond acceptors (Lipinski definition) is 3. The topological polar surface area (TPSA) is 47.6 Å². The van der Waals surface area contributed by atoms with E-state index in [1.807, 2.05) is 12.1 Å². The highest BCUT2D eigenvalue weighted by atomic mass is 16.5. The molecule has 1 saturated carbocycles. The molecule has 0 radical (unpaired) electrons. The maximum Gasteiger partial charge on any atom is 0.221 e. The Hall–Kier alpha value is -2.15. The Labute approximate surface area is 150 Å². The number of carbonyl (C=O) groups is 1. The maximum atomic E-state index is 11.8. The Kier molecular flexibility index (Phi) is 5.53. The summed E-state index contributed by atoms with van der Waals surface area (Å²) in [6.45, 7) is 4.82. The van der Waals surface area contributed by atoms with Gasteiger partial charge in [0.25, 0.3) is 0 Å². The van der Waals surface area contributed by atoms with E-state index in [-0.39, 0.29) is 11.5 Å². The Morgan fingerprint density at radius 2 is 2.12 bits per heavy atom. The van der Waals surface area contributed by atoms with E-state index in [1.165, 1.54) is 31.2 Å². The summed E-state index contributed by atoms with van der Waals surface area (Å²) in [6.07, 6.45) is 6.43. The van der Waals surface area contributed by atoms with Gasteiger partial charge in [0.2, 0.25) is 5.91 Å². The molecule has 1 fully saturated rings. The lowest BCUT2D eigenvalue weighted by Crippen LogP contribution is -2.25. The normalized spacial score (nSPS) is 18.0. The standard InChI is InChI=1S/C21H27NO3/c1-21(2)15-17-10-7-11-18(20(17)25-21)24-13-6-5-12-22-19(23)14-16-8-3-4-9-16/h7,10-11,16H,3-4,8-9,12-15H2,1-2H3,(H,22,23). The van der Waals surface area contributed by atoms with E-state index in [2.05, 4.69) is 37.1 Å². The van der Waals surface area contributed by atoms with Crippen LogP contribution in [0.5, 0.6) is 11.5 Å². The SMILES string of the molecule is CC1(C)Cc2cccc(OCC#CCNC(=O)CC3CCCC3)c2O1.